The van der Waals surface area contributed by atoms with Crippen LogP contribution < -0.4 is 5.32 Å². The standard InChI is InChI=1S/C49H50Cl3NO16/c1-29(54)24-25-37(55)65-35(26-61-43(56)31-16-8-4-9-17-31)39(60-3)42(66-44(57)32-18-10-5-11-19-32)47(69-45(58)33-20-12-6-13-21-33)68-41-38(53-48(59)63-28-49(50,51)52)30(2)64-36-27-62-46(67-40(36)41)34-22-14-7-15-23-34/h4-23,30,35-36,38-42,46-47H,24-28H2,1-3H3,(H,53,59)/t30?,35-,36?,38?,39?,40?,41?,42?,46?,47?/m1/s1. The lowest BCUT2D eigenvalue weighted by molar-refractivity contribution is -0.337. The van der Waals surface area contributed by atoms with Gasteiger partial charge in [0.2, 0.25) is 10.1 Å². The molecule has 1 amide bonds. The molecule has 6 rings (SSSR count). The molecule has 368 valence electrons. The maximum atomic E-state index is 14.3. The zero-order valence-electron chi connectivity index (χ0n) is 37.5. The number of alkyl halides is 3. The van der Waals surface area contributed by atoms with Crippen molar-refractivity contribution in [3.05, 3.63) is 144 Å². The van der Waals surface area contributed by atoms with Crippen LogP contribution in [0.1, 0.15) is 69.6 Å². The minimum absolute atomic E-state index is 0.0328. The minimum atomic E-state index is -2.06. The number of carbonyl (C=O) groups excluding carboxylic acids is 6. The Morgan fingerprint density at radius 1 is 0.696 bits per heavy atom. The molecular weight excluding hydrogens is 965 g/mol. The number of amides is 1. The summed E-state index contributed by atoms with van der Waals surface area (Å²) in [6, 6.07) is 31.1. The topological polar surface area (TPSA) is 207 Å². The second-order valence-corrected chi connectivity index (χ2v) is 18.3. The van der Waals surface area contributed by atoms with E-state index in [1.54, 1.807) is 91.9 Å². The minimum Gasteiger partial charge on any atom is -0.458 e. The molecule has 69 heavy (non-hydrogen) atoms. The first kappa shape index (κ1) is 52.7. The van der Waals surface area contributed by atoms with Crippen molar-refractivity contribution in [1.29, 1.82) is 0 Å². The van der Waals surface area contributed by atoms with Gasteiger partial charge < -0.3 is 57.5 Å². The molecule has 1 N–H and O–H groups in total. The Balaban J connectivity index is 1.47. The van der Waals surface area contributed by atoms with E-state index in [9.17, 15) is 28.8 Å². The number of hydrogen-bond acceptors (Lipinski definition) is 16. The highest BCUT2D eigenvalue weighted by Gasteiger charge is 2.54. The van der Waals surface area contributed by atoms with Crippen molar-refractivity contribution in [1.82, 2.24) is 5.32 Å². The lowest BCUT2D eigenvalue weighted by Crippen LogP contribution is -2.68. The van der Waals surface area contributed by atoms with Gasteiger partial charge in [-0.15, -0.1) is 0 Å². The van der Waals surface area contributed by atoms with Crippen molar-refractivity contribution in [3.63, 3.8) is 0 Å². The van der Waals surface area contributed by atoms with Gasteiger partial charge in [0.1, 0.15) is 43.4 Å². The Hall–Kier alpha value is -5.63. The molecule has 0 aromatic heterocycles. The number of nitrogens with one attached hydrogen (secondary N) is 1. The van der Waals surface area contributed by atoms with Crippen LogP contribution in [-0.4, -0.2) is 122 Å². The summed E-state index contributed by atoms with van der Waals surface area (Å²) in [6.07, 6.45) is -14.4. The quantitative estimate of drug-likeness (QED) is 0.0399. The van der Waals surface area contributed by atoms with Crippen LogP contribution in [0.15, 0.2) is 121 Å². The summed E-state index contributed by atoms with van der Waals surface area (Å²) in [4.78, 5) is 80.9. The van der Waals surface area contributed by atoms with E-state index in [0.29, 0.717) is 5.56 Å². The second kappa shape index (κ2) is 25.3. The van der Waals surface area contributed by atoms with Gasteiger partial charge >= 0.3 is 30.0 Å². The van der Waals surface area contributed by atoms with Crippen molar-refractivity contribution >= 4 is 70.6 Å². The molecule has 10 atom stereocenters. The van der Waals surface area contributed by atoms with E-state index >= 15 is 0 Å². The van der Waals surface area contributed by atoms with Crippen LogP contribution in [0.5, 0.6) is 0 Å². The molecule has 0 aliphatic carbocycles. The van der Waals surface area contributed by atoms with Crippen molar-refractivity contribution in [2.24, 2.45) is 0 Å². The number of rotatable bonds is 20. The van der Waals surface area contributed by atoms with Crippen LogP contribution in [0, 0.1) is 0 Å². The first-order valence-electron chi connectivity index (χ1n) is 21.7. The Labute approximate surface area is 412 Å². The normalized spacial score (nSPS) is 21.7. The molecule has 20 heteroatoms. The summed E-state index contributed by atoms with van der Waals surface area (Å²) in [6.45, 7) is 1.49. The lowest BCUT2D eigenvalue weighted by atomic mass is 9.92. The van der Waals surface area contributed by atoms with E-state index in [4.69, 9.17) is 82.2 Å². The van der Waals surface area contributed by atoms with Crippen LogP contribution in [-0.2, 0) is 57.0 Å². The number of ketones is 1. The number of carbonyl (C=O) groups is 6. The SMILES string of the molecule is COC(C(OC(=O)c1ccccc1)C(OC(=O)c1ccccc1)OC1C(NC(=O)OCC(Cl)(Cl)Cl)C(C)OC2COC(c3ccccc3)OC21)[C@@H](COC(=O)c1ccccc1)OC(=O)CCC(C)=O. The molecule has 2 heterocycles. The first-order valence-corrected chi connectivity index (χ1v) is 22.8. The summed E-state index contributed by atoms with van der Waals surface area (Å²) in [5, 5.41) is 2.70. The van der Waals surface area contributed by atoms with E-state index in [2.05, 4.69) is 5.32 Å². The zero-order valence-corrected chi connectivity index (χ0v) is 39.8. The van der Waals surface area contributed by atoms with E-state index < -0.39 is 108 Å². The number of esters is 4. The van der Waals surface area contributed by atoms with Crippen LogP contribution in [0.3, 0.4) is 0 Å². The fourth-order valence-corrected chi connectivity index (χ4v) is 7.55. The number of benzene rings is 4. The second-order valence-electron chi connectivity index (χ2n) is 15.8. The van der Waals surface area contributed by atoms with Gasteiger partial charge in [0.25, 0.3) is 0 Å². The number of alkyl carbamates (subject to hydrolysis) is 1. The average molecular weight is 1020 g/mol. The number of halogens is 3. The molecule has 4 aromatic rings. The van der Waals surface area contributed by atoms with Gasteiger partial charge in [0.05, 0.1) is 41.9 Å². The third-order valence-corrected chi connectivity index (χ3v) is 11.0. The molecule has 2 aliphatic rings. The van der Waals surface area contributed by atoms with Crippen molar-refractivity contribution in [2.45, 2.75) is 91.8 Å². The monoisotopic (exact) mass is 1010 g/mol. The lowest BCUT2D eigenvalue weighted by Gasteiger charge is -2.50. The Morgan fingerprint density at radius 3 is 1.80 bits per heavy atom. The Bertz CT molecular complexity index is 2330. The summed E-state index contributed by atoms with van der Waals surface area (Å²) < 4.78 is 59.1. The maximum absolute atomic E-state index is 14.3. The fourth-order valence-electron chi connectivity index (χ4n) is 7.39. The molecule has 0 saturated carbocycles. The first-order chi connectivity index (χ1) is 33.1. The van der Waals surface area contributed by atoms with Crippen LogP contribution >= 0.6 is 34.8 Å². The van der Waals surface area contributed by atoms with Gasteiger partial charge in [-0.2, -0.15) is 0 Å². The maximum Gasteiger partial charge on any atom is 0.407 e. The van der Waals surface area contributed by atoms with Gasteiger partial charge in [0.15, 0.2) is 18.5 Å². The third-order valence-electron chi connectivity index (χ3n) is 10.7. The molecule has 2 saturated heterocycles. The van der Waals surface area contributed by atoms with Gasteiger partial charge in [-0.25, -0.2) is 19.2 Å². The highest BCUT2D eigenvalue weighted by atomic mass is 35.6. The molecule has 9 unspecified atom stereocenters. The zero-order chi connectivity index (χ0) is 49.5. The predicted molar refractivity (Wildman–Crippen MR) is 246 cm³/mol. The molecule has 2 aliphatic heterocycles. The highest BCUT2D eigenvalue weighted by molar-refractivity contribution is 6.67. The van der Waals surface area contributed by atoms with E-state index in [0.717, 1.165) is 0 Å². The van der Waals surface area contributed by atoms with Gasteiger partial charge in [-0.1, -0.05) is 120 Å². The Morgan fingerprint density at radius 2 is 1.25 bits per heavy atom. The third kappa shape index (κ3) is 15.4. The summed E-state index contributed by atoms with van der Waals surface area (Å²) in [5.41, 5.74) is 0.829. The number of Topliss-reactive ketones (excluding diaryl/α,β-unsaturated/α-hetero) is 1. The largest absolute Gasteiger partial charge is 0.458 e. The van der Waals surface area contributed by atoms with Crippen molar-refractivity contribution in [2.75, 3.05) is 26.9 Å². The predicted octanol–water partition coefficient (Wildman–Crippen LogP) is 7.30. The molecule has 0 radical (unpaired) electrons. The number of methoxy groups -OCH3 is 1. The smallest absolute Gasteiger partial charge is 0.407 e. The van der Waals surface area contributed by atoms with Crippen LogP contribution in [0.25, 0.3) is 0 Å². The number of hydrogen-bond donors (Lipinski definition) is 1. The van der Waals surface area contributed by atoms with E-state index in [-0.39, 0.29) is 41.9 Å². The number of fused-ring (bicyclic) bond motifs is 1. The van der Waals surface area contributed by atoms with Crippen molar-refractivity contribution in [3.8, 4) is 0 Å². The molecular formula is C49H50Cl3NO16. The summed E-state index contributed by atoms with van der Waals surface area (Å²) >= 11 is 17.7. The van der Waals surface area contributed by atoms with Crippen LogP contribution in [0.2, 0.25) is 0 Å². The van der Waals surface area contributed by atoms with Gasteiger partial charge in [-0.3, -0.25) is 4.79 Å². The molecule has 2 fully saturated rings. The Kier molecular flexibility index (Phi) is 19.3. The van der Waals surface area contributed by atoms with Gasteiger partial charge in [0, 0.05) is 19.1 Å². The summed E-state index contributed by atoms with van der Waals surface area (Å²) in [7, 11) is 1.18. The van der Waals surface area contributed by atoms with Gasteiger partial charge in [-0.05, 0) is 50.2 Å². The summed E-state index contributed by atoms with van der Waals surface area (Å²) in [5.74, 6) is -4.02. The molecule has 17 nitrogen and oxygen atoms in total. The number of ether oxygens (including phenoxy) is 10. The van der Waals surface area contributed by atoms with E-state index in [1.165, 1.54) is 50.4 Å². The van der Waals surface area contributed by atoms with Crippen LogP contribution in [0.4, 0.5) is 4.79 Å². The molecule has 0 bridgehead atoms. The average Bonchev–Trinajstić information content (AvgIpc) is 3.35. The fraction of sp³-hybridized carbons (Fsp3) is 0.388. The molecule has 4 aromatic carbocycles. The highest BCUT2D eigenvalue weighted by Crippen LogP contribution is 2.37. The van der Waals surface area contributed by atoms with Crippen molar-refractivity contribution < 1.29 is 76.1 Å². The molecule has 0 spiro atoms. The van der Waals surface area contributed by atoms with E-state index in [1.807, 2.05) is 0 Å².